The lowest BCUT2D eigenvalue weighted by molar-refractivity contribution is -0.0980. The van der Waals surface area contributed by atoms with Crippen LogP contribution in [0.15, 0.2) is 54.6 Å². The number of ether oxygens (including phenoxy) is 1. The van der Waals surface area contributed by atoms with Gasteiger partial charge in [0.25, 0.3) is 5.91 Å². The molecular weight excluding hydrogens is 572 g/mol. The fraction of sp³-hybridized carbons (Fsp3) is 0.429. The van der Waals surface area contributed by atoms with Crippen molar-refractivity contribution in [1.29, 1.82) is 0 Å². The van der Waals surface area contributed by atoms with Crippen LogP contribution in [0.4, 0.5) is 5.69 Å². The van der Waals surface area contributed by atoms with Crippen LogP contribution in [0.3, 0.4) is 0 Å². The second-order valence-electron chi connectivity index (χ2n) is 11.2. The monoisotopic (exact) mass is 620 g/mol. The minimum atomic E-state index is -0.145. The van der Waals surface area contributed by atoms with Gasteiger partial charge in [0.15, 0.2) is 0 Å². The summed E-state index contributed by atoms with van der Waals surface area (Å²) in [5, 5.41) is 16.0. The quantitative estimate of drug-likeness (QED) is 0.200. The number of aliphatic hydroxyl groups excluding tert-OH is 1. The molecular formula is C35H48N4O4S. The molecule has 3 N–H and O–H groups in total. The number of hydrogen-bond donors (Lipinski definition) is 3. The number of nitrogens with one attached hydrogen (secondary N) is 2. The number of aryl methyl sites for hydroxylation is 2. The molecule has 2 aromatic carbocycles. The zero-order valence-corrected chi connectivity index (χ0v) is 28.0. The lowest BCUT2D eigenvalue weighted by Gasteiger charge is -2.23. The van der Waals surface area contributed by atoms with Crippen LogP contribution in [0.2, 0.25) is 0 Å². The van der Waals surface area contributed by atoms with Crippen molar-refractivity contribution in [3.63, 3.8) is 0 Å². The predicted molar refractivity (Wildman–Crippen MR) is 182 cm³/mol. The molecule has 0 saturated carbocycles. The van der Waals surface area contributed by atoms with E-state index in [0.29, 0.717) is 22.9 Å². The number of amides is 1. The van der Waals surface area contributed by atoms with Gasteiger partial charge in [0.1, 0.15) is 22.9 Å². The van der Waals surface area contributed by atoms with Crippen molar-refractivity contribution in [2.45, 2.75) is 85.7 Å². The van der Waals surface area contributed by atoms with Crippen LogP contribution < -0.4 is 15.4 Å². The van der Waals surface area contributed by atoms with Gasteiger partial charge in [-0.05, 0) is 87.0 Å². The van der Waals surface area contributed by atoms with E-state index in [9.17, 15) is 4.79 Å². The zero-order valence-electron chi connectivity index (χ0n) is 27.2. The van der Waals surface area contributed by atoms with Crippen molar-refractivity contribution in [2.24, 2.45) is 0 Å². The van der Waals surface area contributed by atoms with Gasteiger partial charge in [-0.15, -0.1) is 0 Å². The van der Waals surface area contributed by atoms with Gasteiger partial charge in [0, 0.05) is 23.4 Å². The molecule has 1 aliphatic heterocycles. The molecule has 0 aliphatic carbocycles. The van der Waals surface area contributed by atoms with Crippen LogP contribution >= 0.6 is 11.3 Å². The average molecular weight is 621 g/mol. The molecule has 238 valence electrons. The Hall–Kier alpha value is -3.66. The van der Waals surface area contributed by atoms with E-state index < -0.39 is 0 Å². The largest absolute Gasteiger partial charge is 0.439 e. The molecule has 0 atom stereocenters. The van der Waals surface area contributed by atoms with Gasteiger partial charge in [-0.1, -0.05) is 70.6 Å². The number of rotatable bonds is 6. The number of pyridine rings is 1. The highest BCUT2D eigenvalue weighted by Crippen LogP contribution is 2.30. The number of aromatic nitrogens is 2. The van der Waals surface area contributed by atoms with Gasteiger partial charge in [-0.3, -0.25) is 4.79 Å². The van der Waals surface area contributed by atoms with E-state index in [-0.39, 0.29) is 17.4 Å². The minimum absolute atomic E-state index is 0.0197. The van der Waals surface area contributed by atoms with Crippen LogP contribution in [-0.2, 0) is 10.2 Å². The topological polar surface area (TPSA) is 113 Å². The number of aliphatic hydroxyl groups is 1. The minimum Gasteiger partial charge on any atom is -0.439 e. The summed E-state index contributed by atoms with van der Waals surface area (Å²) in [6.07, 6.45) is 4.08. The number of piperidine rings is 1. The van der Waals surface area contributed by atoms with Crippen LogP contribution in [-0.4, -0.2) is 47.0 Å². The second-order valence-corrected chi connectivity index (χ2v) is 12.4. The van der Waals surface area contributed by atoms with Gasteiger partial charge in [0.05, 0.1) is 11.1 Å². The van der Waals surface area contributed by atoms with E-state index in [2.05, 4.69) is 61.3 Å². The number of carbonyl (C=O) groups excluding carboxylic acids is 2. The van der Waals surface area contributed by atoms with E-state index >= 15 is 0 Å². The molecule has 44 heavy (non-hydrogen) atoms. The van der Waals surface area contributed by atoms with Crippen molar-refractivity contribution < 1.29 is 19.4 Å². The number of hydrogen-bond acceptors (Lipinski definition) is 8. The van der Waals surface area contributed by atoms with Crippen LogP contribution in [0.5, 0.6) is 11.6 Å². The third-order valence-electron chi connectivity index (χ3n) is 7.10. The Bertz CT molecular complexity index is 1460. The van der Waals surface area contributed by atoms with E-state index in [4.69, 9.17) is 14.6 Å². The van der Waals surface area contributed by atoms with Gasteiger partial charge in [-0.25, -0.2) is 9.97 Å². The Kier molecular flexibility index (Phi) is 15.1. The molecule has 2 aromatic heterocycles. The Morgan fingerprint density at radius 2 is 1.73 bits per heavy atom. The molecule has 1 amide bonds. The highest BCUT2D eigenvalue weighted by atomic mass is 32.1. The number of thiazole rings is 1. The summed E-state index contributed by atoms with van der Waals surface area (Å²) in [4.78, 5) is 30.8. The van der Waals surface area contributed by atoms with Gasteiger partial charge in [0.2, 0.25) is 5.88 Å². The maximum absolute atomic E-state index is 12.9. The molecule has 0 unspecified atom stereocenters. The highest BCUT2D eigenvalue weighted by molar-refractivity contribution is 7.18. The number of nitrogens with zero attached hydrogens (tertiary/aromatic N) is 2. The summed E-state index contributed by atoms with van der Waals surface area (Å²) in [5.74, 6) is 1.01. The first kappa shape index (κ1) is 36.5. The summed E-state index contributed by atoms with van der Waals surface area (Å²) in [5.41, 5.74) is 4.31. The van der Waals surface area contributed by atoms with Gasteiger partial charge in [-0.2, -0.15) is 0 Å². The molecule has 1 fully saturated rings. The number of benzene rings is 2. The van der Waals surface area contributed by atoms with Crippen molar-refractivity contribution in [2.75, 3.05) is 18.4 Å². The fourth-order valence-electron chi connectivity index (χ4n) is 4.16. The van der Waals surface area contributed by atoms with Crippen LogP contribution in [0.25, 0.3) is 10.3 Å². The molecule has 8 nitrogen and oxygen atoms in total. The average Bonchev–Trinajstić information content (AvgIpc) is 3.40. The van der Waals surface area contributed by atoms with Crippen molar-refractivity contribution >= 4 is 40.1 Å². The molecule has 0 spiro atoms. The molecule has 1 saturated heterocycles. The maximum Gasteiger partial charge on any atom is 0.255 e. The Morgan fingerprint density at radius 1 is 1.05 bits per heavy atom. The third-order valence-corrected chi connectivity index (χ3v) is 7.98. The summed E-state index contributed by atoms with van der Waals surface area (Å²) >= 11 is 1.54. The number of fused-ring (bicyclic) bond motifs is 1. The molecule has 4 aromatic rings. The standard InChI is InChI=1S/C26H27N3O2S.C5H11NO.C3H8.CH2O/c1-6-26(4,5)19-9-7-8-18(14-19)24(30)28-20-11-10-16(2)22(15-20)31-23-13-12-21-25(29-23)32-17(3)27-21;7-5-1-3-6-4-2-5;1-3-2;1-2/h7-15H,6H2,1-5H3,(H,28,30);5-7H,1-4H2;3H2,1-2H3;1H2. The zero-order chi connectivity index (χ0) is 32.7. The van der Waals surface area contributed by atoms with E-state index in [1.807, 2.05) is 69.2 Å². The number of carbonyl (C=O) groups is 2. The first-order valence-electron chi connectivity index (χ1n) is 15.2. The summed E-state index contributed by atoms with van der Waals surface area (Å²) in [7, 11) is 0. The Labute approximate surface area is 266 Å². The third kappa shape index (κ3) is 11.1. The Balaban J connectivity index is 0.000000477. The van der Waals surface area contributed by atoms with Crippen molar-refractivity contribution in [3.05, 3.63) is 76.3 Å². The van der Waals surface area contributed by atoms with E-state index in [0.717, 1.165) is 58.8 Å². The normalized spacial score (nSPS) is 12.9. The molecule has 0 bridgehead atoms. The number of anilines is 1. The lowest BCUT2D eigenvalue weighted by Crippen LogP contribution is -2.30. The summed E-state index contributed by atoms with van der Waals surface area (Å²) in [6, 6.07) is 17.2. The molecule has 9 heteroatoms. The van der Waals surface area contributed by atoms with Crippen LogP contribution in [0.1, 0.15) is 86.8 Å². The van der Waals surface area contributed by atoms with Gasteiger partial charge >= 0.3 is 0 Å². The molecule has 5 rings (SSSR count). The second kappa shape index (κ2) is 18.2. The Morgan fingerprint density at radius 3 is 2.34 bits per heavy atom. The van der Waals surface area contributed by atoms with Crippen molar-refractivity contribution in [3.8, 4) is 11.6 Å². The summed E-state index contributed by atoms with van der Waals surface area (Å²) in [6.45, 7) is 18.7. The molecule has 0 radical (unpaired) electrons. The van der Waals surface area contributed by atoms with Crippen LogP contribution in [0, 0.1) is 13.8 Å². The van der Waals surface area contributed by atoms with Crippen molar-refractivity contribution in [1.82, 2.24) is 15.3 Å². The fourth-order valence-corrected chi connectivity index (χ4v) is 4.94. The first-order chi connectivity index (χ1) is 21.1. The smallest absolute Gasteiger partial charge is 0.255 e. The highest BCUT2D eigenvalue weighted by Gasteiger charge is 2.19. The first-order valence-corrected chi connectivity index (χ1v) is 16.0. The SMILES string of the molecule is C=O.CCC.CCC(C)(C)c1cccc(C(=O)Nc2ccc(C)c(Oc3ccc4nc(C)sc4n3)c2)c1.OC1CCNCC1. The van der Waals surface area contributed by atoms with E-state index in [1.54, 1.807) is 0 Å². The molecule has 1 aliphatic rings. The molecule has 3 heterocycles. The maximum atomic E-state index is 12.9. The van der Waals surface area contributed by atoms with Gasteiger partial charge < -0.3 is 25.3 Å². The summed E-state index contributed by atoms with van der Waals surface area (Å²) < 4.78 is 6.05. The van der Waals surface area contributed by atoms with E-state index in [1.165, 1.54) is 17.8 Å². The lowest BCUT2D eigenvalue weighted by atomic mass is 9.81. The predicted octanol–water partition coefficient (Wildman–Crippen LogP) is 8.00.